The Morgan fingerprint density at radius 3 is 2.56 bits per heavy atom. The first-order valence-corrected chi connectivity index (χ1v) is 5.68. The molecule has 16 heavy (non-hydrogen) atoms. The molecule has 0 spiro atoms. The van der Waals surface area contributed by atoms with Crippen LogP contribution in [0.2, 0.25) is 0 Å². The van der Waals surface area contributed by atoms with Gasteiger partial charge in [0.1, 0.15) is 0 Å². The number of rotatable bonds is 4. The van der Waals surface area contributed by atoms with E-state index in [1.54, 1.807) is 4.90 Å². The molecule has 92 valence electrons. The van der Waals surface area contributed by atoms with E-state index < -0.39 is 0 Å². The minimum absolute atomic E-state index is 0.0294. The summed E-state index contributed by atoms with van der Waals surface area (Å²) in [4.78, 5) is 15.6. The summed E-state index contributed by atoms with van der Waals surface area (Å²) in [5.41, 5.74) is -0.178. The van der Waals surface area contributed by atoms with Crippen molar-refractivity contribution in [2.45, 2.75) is 19.4 Å². The molecule has 0 aromatic heterocycles. The van der Waals surface area contributed by atoms with Gasteiger partial charge in [-0.15, -0.1) is 0 Å². The second kappa shape index (κ2) is 5.46. The van der Waals surface area contributed by atoms with Crippen molar-refractivity contribution in [1.29, 1.82) is 0 Å². The first-order valence-electron chi connectivity index (χ1n) is 5.68. The highest BCUT2D eigenvalue weighted by Crippen LogP contribution is 2.15. The van der Waals surface area contributed by atoms with Crippen molar-refractivity contribution in [1.82, 2.24) is 9.80 Å². The van der Waals surface area contributed by atoms with Crippen LogP contribution in [0.15, 0.2) is 12.7 Å². The van der Waals surface area contributed by atoms with Crippen molar-refractivity contribution in [3.8, 4) is 0 Å². The van der Waals surface area contributed by atoms with Gasteiger partial charge in [0.15, 0.2) is 0 Å². The van der Waals surface area contributed by atoms with Gasteiger partial charge in [0.25, 0.3) is 0 Å². The monoisotopic (exact) mass is 226 g/mol. The Hall–Kier alpha value is -0.870. The summed E-state index contributed by atoms with van der Waals surface area (Å²) in [7, 11) is 1.82. The van der Waals surface area contributed by atoms with Crippen LogP contribution in [0.3, 0.4) is 0 Å². The van der Waals surface area contributed by atoms with Gasteiger partial charge in [0.05, 0.1) is 13.2 Å². The van der Waals surface area contributed by atoms with Crippen molar-refractivity contribution in [2.24, 2.45) is 0 Å². The van der Waals surface area contributed by atoms with Gasteiger partial charge in [-0.1, -0.05) is 6.58 Å². The summed E-state index contributed by atoms with van der Waals surface area (Å²) in [6, 6.07) is 0. The number of carbonyl (C=O) groups excluding carboxylic acids is 1. The fourth-order valence-electron chi connectivity index (χ4n) is 1.85. The van der Waals surface area contributed by atoms with E-state index >= 15 is 0 Å². The molecule has 1 saturated heterocycles. The fourth-order valence-corrected chi connectivity index (χ4v) is 1.85. The number of carbonyl (C=O) groups is 1. The van der Waals surface area contributed by atoms with Crippen molar-refractivity contribution >= 4 is 5.91 Å². The number of hydrogen-bond donors (Lipinski definition) is 0. The molecule has 1 aliphatic heterocycles. The van der Waals surface area contributed by atoms with Crippen LogP contribution in [0.25, 0.3) is 0 Å². The molecule has 4 heteroatoms. The molecule has 0 aliphatic carbocycles. The van der Waals surface area contributed by atoms with Crippen molar-refractivity contribution in [3.63, 3.8) is 0 Å². The third-order valence-electron chi connectivity index (χ3n) is 3.13. The molecule has 0 radical (unpaired) electrons. The summed E-state index contributed by atoms with van der Waals surface area (Å²) in [5, 5.41) is 0. The van der Waals surface area contributed by atoms with Crippen LogP contribution in [0.1, 0.15) is 13.8 Å². The first-order chi connectivity index (χ1) is 7.47. The highest BCUT2D eigenvalue weighted by Gasteiger charge is 2.29. The number of likely N-dealkylation sites (N-methyl/N-ethyl adjacent to an activating group) is 1. The summed E-state index contributed by atoms with van der Waals surface area (Å²) >= 11 is 0. The van der Waals surface area contributed by atoms with Gasteiger partial charge in [-0.2, -0.15) is 0 Å². The molecular weight excluding hydrogens is 204 g/mol. The number of nitrogens with zero attached hydrogens (tertiary/aromatic N) is 2. The molecule has 0 aromatic rings. The summed E-state index contributed by atoms with van der Waals surface area (Å²) < 4.78 is 5.30. The van der Waals surface area contributed by atoms with Crippen molar-refractivity contribution in [2.75, 3.05) is 39.9 Å². The van der Waals surface area contributed by atoms with E-state index in [2.05, 4.69) is 25.3 Å². The zero-order chi connectivity index (χ0) is 12.2. The molecule has 0 atom stereocenters. The van der Waals surface area contributed by atoms with Gasteiger partial charge in [0.2, 0.25) is 5.91 Å². The smallest absolute Gasteiger partial charge is 0.246 e. The third-order valence-corrected chi connectivity index (χ3v) is 3.13. The Morgan fingerprint density at radius 1 is 1.50 bits per heavy atom. The van der Waals surface area contributed by atoms with Crippen molar-refractivity contribution < 1.29 is 9.53 Å². The number of amides is 1. The average Bonchev–Trinajstić information content (AvgIpc) is 2.27. The first kappa shape index (κ1) is 13.2. The summed E-state index contributed by atoms with van der Waals surface area (Å²) in [6.07, 6.45) is 1.36. The van der Waals surface area contributed by atoms with Crippen molar-refractivity contribution in [3.05, 3.63) is 12.7 Å². The molecule has 4 nitrogen and oxygen atoms in total. The van der Waals surface area contributed by atoms with E-state index in [-0.39, 0.29) is 11.4 Å². The lowest BCUT2D eigenvalue weighted by Crippen LogP contribution is -2.53. The van der Waals surface area contributed by atoms with Gasteiger partial charge < -0.3 is 9.64 Å². The molecule has 0 bridgehead atoms. The third kappa shape index (κ3) is 3.32. The Labute approximate surface area is 97.9 Å². The van der Waals surface area contributed by atoms with Crippen LogP contribution in [-0.2, 0) is 9.53 Å². The Bertz CT molecular complexity index is 258. The zero-order valence-electron chi connectivity index (χ0n) is 10.5. The maximum atomic E-state index is 11.6. The van der Waals surface area contributed by atoms with Gasteiger partial charge >= 0.3 is 0 Å². The van der Waals surface area contributed by atoms with E-state index in [0.29, 0.717) is 0 Å². The predicted octanol–water partition coefficient (Wildman–Crippen LogP) is 0.742. The molecule has 0 aromatic carbocycles. The van der Waals surface area contributed by atoms with Crippen LogP contribution >= 0.6 is 0 Å². The highest BCUT2D eigenvalue weighted by atomic mass is 16.5. The fraction of sp³-hybridized carbons (Fsp3) is 0.750. The van der Waals surface area contributed by atoms with E-state index in [9.17, 15) is 4.79 Å². The molecule has 1 rings (SSSR count). The van der Waals surface area contributed by atoms with E-state index in [1.165, 1.54) is 6.08 Å². The zero-order valence-corrected chi connectivity index (χ0v) is 10.5. The predicted molar refractivity (Wildman–Crippen MR) is 64.3 cm³/mol. The normalized spacial score (nSPS) is 18.2. The molecule has 1 aliphatic rings. The van der Waals surface area contributed by atoms with Gasteiger partial charge in [-0.3, -0.25) is 9.69 Å². The maximum Gasteiger partial charge on any atom is 0.246 e. The lowest BCUT2D eigenvalue weighted by molar-refractivity contribution is -0.130. The number of morpholine rings is 1. The van der Waals surface area contributed by atoms with Gasteiger partial charge in [-0.25, -0.2) is 0 Å². The SMILES string of the molecule is C=CC(=O)N(C)C(C)(C)CN1CCOCC1. The topological polar surface area (TPSA) is 32.8 Å². The molecule has 1 heterocycles. The number of hydrogen-bond acceptors (Lipinski definition) is 3. The molecule has 0 unspecified atom stereocenters. The lowest BCUT2D eigenvalue weighted by Gasteiger charge is -2.40. The van der Waals surface area contributed by atoms with Gasteiger partial charge in [-0.05, 0) is 19.9 Å². The number of ether oxygens (including phenoxy) is 1. The van der Waals surface area contributed by atoms with E-state index in [0.717, 1.165) is 32.8 Å². The molecule has 1 fully saturated rings. The van der Waals surface area contributed by atoms with Gasteiger partial charge in [0, 0.05) is 32.2 Å². The maximum absolute atomic E-state index is 11.6. The van der Waals surface area contributed by atoms with E-state index in [1.807, 2.05) is 7.05 Å². The largest absolute Gasteiger partial charge is 0.379 e. The van der Waals surface area contributed by atoms with Crippen LogP contribution in [0, 0.1) is 0 Å². The standard InChI is InChI=1S/C12H22N2O2/c1-5-11(15)13(4)12(2,3)10-14-6-8-16-9-7-14/h5H,1,6-10H2,2-4H3. The minimum Gasteiger partial charge on any atom is -0.379 e. The second-order valence-corrected chi connectivity index (χ2v) is 4.80. The van der Waals surface area contributed by atoms with Crippen LogP contribution < -0.4 is 0 Å². The average molecular weight is 226 g/mol. The second-order valence-electron chi connectivity index (χ2n) is 4.80. The van der Waals surface area contributed by atoms with Crippen LogP contribution in [-0.4, -0.2) is 61.1 Å². The Balaban J connectivity index is 2.54. The Kier molecular flexibility index (Phi) is 4.50. The van der Waals surface area contributed by atoms with Crippen LogP contribution in [0.4, 0.5) is 0 Å². The summed E-state index contributed by atoms with van der Waals surface area (Å²) in [6.45, 7) is 12.0. The highest BCUT2D eigenvalue weighted by molar-refractivity contribution is 5.87. The molecule has 0 saturated carbocycles. The van der Waals surface area contributed by atoms with Crippen LogP contribution in [0.5, 0.6) is 0 Å². The van der Waals surface area contributed by atoms with E-state index in [4.69, 9.17) is 4.74 Å². The molecule has 0 N–H and O–H groups in total. The lowest BCUT2D eigenvalue weighted by atomic mass is 10.0. The Morgan fingerprint density at radius 2 is 2.06 bits per heavy atom. The molecular formula is C12H22N2O2. The molecule has 1 amide bonds. The quantitative estimate of drug-likeness (QED) is 0.663. The summed E-state index contributed by atoms with van der Waals surface area (Å²) in [5.74, 6) is -0.0294. The minimum atomic E-state index is -0.178.